The molecule has 0 unspecified atom stereocenters. The number of hydrogen-bond acceptors (Lipinski definition) is 3. The molecule has 1 N–H and O–H groups in total. The van der Waals surface area contributed by atoms with Crippen molar-refractivity contribution in [1.29, 1.82) is 0 Å². The molecule has 0 atom stereocenters. The molecule has 0 aliphatic carbocycles. The highest BCUT2D eigenvalue weighted by molar-refractivity contribution is 9.10. The fraction of sp³-hybridized carbons (Fsp3) is 0.300. The molecular formula is C10H5BrF6O3. The molecule has 0 heterocycles. The summed E-state index contributed by atoms with van der Waals surface area (Å²) in [6.45, 7) is 0. The Morgan fingerprint density at radius 3 is 1.75 bits per heavy atom. The molecule has 0 spiro atoms. The van der Waals surface area contributed by atoms with Gasteiger partial charge in [-0.15, -0.1) is 0 Å². The number of hydrogen-bond donors (Lipinski definition) is 1. The number of rotatable bonds is 2. The van der Waals surface area contributed by atoms with E-state index < -0.39 is 29.7 Å². The van der Waals surface area contributed by atoms with Gasteiger partial charge < -0.3 is 9.84 Å². The average molecular weight is 367 g/mol. The van der Waals surface area contributed by atoms with Crippen LogP contribution >= 0.6 is 15.9 Å². The largest absolute Gasteiger partial charge is 0.437 e. The summed E-state index contributed by atoms with van der Waals surface area (Å²) >= 11 is 2.96. The van der Waals surface area contributed by atoms with Gasteiger partial charge in [0, 0.05) is 4.47 Å². The molecule has 1 rings (SSSR count). The van der Waals surface area contributed by atoms with Crippen LogP contribution in [-0.2, 0) is 4.79 Å². The highest BCUT2D eigenvalue weighted by Gasteiger charge is 2.76. The Hall–Kier alpha value is -1.29. The lowest BCUT2D eigenvalue weighted by Crippen LogP contribution is -2.63. The van der Waals surface area contributed by atoms with Gasteiger partial charge >= 0.3 is 23.9 Å². The molecule has 0 saturated carbocycles. The van der Waals surface area contributed by atoms with Gasteiger partial charge in [0.1, 0.15) is 5.75 Å². The Kier molecular flexibility index (Phi) is 4.39. The highest BCUT2D eigenvalue weighted by atomic mass is 79.9. The van der Waals surface area contributed by atoms with Crippen LogP contribution in [0.4, 0.5) is 26.3 Å². The Balaban J connectivity index is 3.11. The summed E-state index contributed by atoms with van der Waals surface area (Å²) in [5, 5.41) is 8.73. The topological polar surface area (TPSA) is 46.5 Å². The maximum Gasteiger partial charge on any atom is 0.437 e. The van der Waals surface area contributed by atoms with E-state index in [4.69, 9.17) is 5.11 Å². The van der Waals surface area contributed by atoms with Crippen LogP contribution in [0.5, 0.6) is 5.75 Å². The van der Waals surface area contributed by atoms with Gasteiger partial charge in [0.2, 0.25) is 0 Å². The predicted octanol–water partition coefficient (Wildman–Crippen LogP) is 3.21. The van der Waals surface area contributed by atoms with Crippen LogP contribution in [0.25, 0.3) is 0 Å². The molecule has 0 bridgehead atoms. The first-order valence-corrected chi connectivity index (χ1v) is 5.52. The first kappa shape index (κ1) is 16.8. The molecule has 0 fully saturated rings. The lowest BCUT2D eigenvalue weighted by Gasteiger charge is -2.29. The quantitative estimate of drug-likeness (QED) is 0.496. The van der Waals surface area contributed by atoms with E-state index in [0.29, 0.717) is 4.47 Å². The fourth-order valence-electron chi connectivity index (χ4n) is 1.08. The molecular weight excluding hydrogens is 362 g/mol. The second kappa shape index (κ2) is 5.24. The van der Waals surface area contributed by atoms with Gasteiger partial charge in [-0.2, -0.15) is 26.3 Å². The number of alkyl halides is 6. The molecule has 10 heteroatoms. The van der Waals surface area contributed by atoms with Crippen LogP contribution in [0.1, 0.15) is 0 Å². The number of halogens is 7. The zero-order valence-corrected chi connectivity index (χ0v) is 10.8. The summed E-state index contributed by atoms with van der Waals surface area (Å²) in [7, 11) is 0. The van der Waals surface area contributed by atoms with Crippen molar-refractivity contribution >= 4 is 21.9 Å². The molecule has 0 radical (unpaired) electrons. The van der Waals surface area contributed by atoms with Crippen molar-refractivity contribution < 1.29 is 41.0 Å². The van der Waals surface area contributed by atoms with E-state index in [1.165, 1.54) is 12.1 Å². The third-order valence-corrected chi connectivity index (χ3v) is 2.67. The van der Waals surface area contributed by atoms with Crippen molar-refractivity contribution in [2.75, 3.05) is 0 Å². The van der Waals surface area contributed by atoms with Crippen LogP contribution in [0.15, 0.2) is 28.7 Å². The molecule has 1 aromatic rings. The monoisotopic (exact) mass is 366 g/mol. The molecule has 3 nitrogen and oxygen atoms in total. The Labute approximate surface area is 116 Å². The Bertz CT molecular complexity index is 479. The number of ether oxygens (including phenoxy) is 1. The molecule has 112 valence electrons. The summed E-state index contributed by atoms with van der Waals surface area (Å²) in [5.74, 6) is -3.45. The van der Waals surface area contributed by atoms with Crippen molar-refractivity contribution in [3.05, 3.63) is 28.7 Å². The first-order valence-electron chi connectivity index (χ1n) is 4.73. The van der Waals surface area contributed by atoms with Gasteiger partial charge in [-0.05, 0) is 24.3 Å². The minimum absolute atomic E-state index is 0.458. The van der Waals surface area contributed by atoms with Crippen molar-refractivity contribution in [1.82, 2.24) is 0 Å². The van der Waals surface area contributed by atoms with Crippen LogP contribution in [-0.4, -0.2) is 29.0 Å². The summed E-state index contributed by atoms with van der Waals surface area (Å²) in [5.41, 5.74) is -5.59. The number of benzene rings is 1. The van der Waals surface area contributed by atoms with Crippen LogP contribution < -0.4 is 4.74 Å². The summed E-state index contributed by atoms with van der Waals surface area (Å²) in [6.07, 6.45) is -12.5. The van der Waals surface area contributed by atoms with Crippen LogP contribution in [0, 0.1) is 0 Å². The van der Waals surface area contributed by atoms with Crippen molar-refractivity contribution in [2.24, 2.45) is 0 Å². The van der Waals surface area contributed by atoms with Gasteiger partial charge in [0.25, 0.3) is 0 Å². The third-order valence-electron chi connectivity index (χ3n) is 2.14. The standard InChI is InChI=1S/C10H5BrF6O3/c11-5-1-3-6(4-2-5)20-7(18)8(19,9(12,13)14)10(15,16)17/h1-4,19H. The molecule has 1 aromatic carbocycles. The first-order chi connectivity index (χ1) is 8.89. The van der Waals surface area contributed by atoms with Crippen molar-refractivity contribution in [3.63, 3.8) is 0 Å². The second-order valence-corrected chi connectivity index (χ2v) is 4.47. The number of esters is 1. The maximum atomic E-state index is 12.3. The third kappa shape index (κ3) is 3.06. The van der Waals surface area contributed by atoms with E-state index >= 15 is 0 Å². The minimum Gasteiger partial charge on any atom is -0.424 e. The van der Waals surface area contributed by atoms with Gasteiger partial charge in [0.15, 0.2) is 0 Å². The summed E-state index contributed by atoms with van der Waals surface area (Å²) in [4.78, 5) is 11.1. The zero-order chi connectivity index (χ0) is 15.8. The van der Waals surface area contributed by atoms with E-state index in [1.807, 2.05) is 0 Å². The fourth-order valence-corrected chi connectivity index (χ4v) is 1.34. The molecule has 0 amide bonds. The molecule has 0 aromatic heterocycles. The Morgan fingerprint density at radius 2 is 1.40 bits per heavy atom. The maximum absolute atomic E-state index is 12.3. The Morgan fingerprint density at radius 1 is 1.00 bits per heavy atom. The van der Waals surface area contributed by atoms with Gasteiger partial charge in [0.05, 0.1) is 0 Å². The van der Waals surface area contributed by atoms with Gasteiger partial charge in [-0.25, -0.2) is 4.79 Å². The average Bonchev–Trinajstić information content (AvgIpc) is 2.28. The van der Waals surface area contributed by atoms with E-state index in [1.54, 1.807) is 0 Å². The molecule has 0 aliphatic heterocycles. The van der Waals surface area contributed by atoms with Crippen LogP contribution in [0.3, 0.4) is 0 Å². The SMILES string of the molecule is O=C(Oc1ccc(Br)cc1)C(O)(C(F)(F)F)C(F)(F)F. The predicted molar refractivity (Wildman–Crippen MR) is 56.8 cm³/mol. The van der Waals surface area contributed by atoms with Gasteiger partial charge in [-0.1, -0.05) is 15.9 Å². The minimum atomic E-state index is -6.27. The van der Waals surface area contributed by atoms with Crippen molar-refractivity contribution in [2.45, 2.75) is 18.0 Å². The number of carbonyl (C=O) groups excluding carboxylic acids is 1. The number of aliphatic hydroxyl groups is 1. The normalized spacial score (nSPS) is 13.2. The summed E-state index contributed by atoms with van der Waals surface area (Å²) < 4.78 is 78.4. The lowest BCUT2D eigenvalue weighted by molar-refractivity contribution is -0.354. The number of carbonyl (C=O) groups is 1. The van der Waals surface area contributed by atoms with E-state index in [9.17, 15) is 31.1 Å². The summed E-state index contributed by atoms with van der Waals surface area (Å²) in [6, 6.07) is 4.36. The van der Waals surface area contributed by atoms with Gasteiger partial charge in [-0.3, -0.25) is 0 Å². The molecule has 20 heavy (non-hydrogen) atoms. The van der Waals surface area contributed by atoms with E-state index in [-0.39, 0.29) is 0 Å². The van der Waals surface area contributed by atoms with E-state index in [2.05, 4.69) is 20.7 Å². The zero-order valence-electron chi connectivity index (χ0n) is 9.22. The van der Waals surface area contributed by atoms with E-state index in [0.717, 1.165) is 12.1 Å². The molecule has 0 saturated heterocycles. The smallest absolute Gasteiger partial charge is 0.424 e. The highest BCUT2D eigenvalue weighted by Crippen LogP contribution is 2.43. The van der Waals surface area contributed by atoms with Crippen molar-refractivity contribution in [3.8, 4) is 5.75 Å². The van der Waals surface area contributed by atoms with Crippen LogP contribution in [0.2, 0.25) is 0 Å². The lowest BCUT2D eigenvalue weighted by atomic mass is 10.0. The molecule has 0 aliphatic rings. The second-order valence-electron chi connectivity index (χ2n) is 3.55.